The summed E-state index contributed by atoms with van der Waals surface area (Å²) in [5.41, 5.74) is 0.0262. The summed E-state index contributed by atoms with van der Waals surface area (Å²) in [6.07, 6.45) is 6.32. The summed E-state index contributed by atoms with van der Waals surface area (Å²) < 4.78 is 7.01. The van der Waals surface area contributed by atoms with E-state index in [1.54, 1.807) is 0 Å². The summed E-state index contributed by atoms with van der Waals surface area (Å²) in [6.45, 7) is 10.5. The number of aliphatic imine (C=N–C) groups is 1. The lowest BCUT2D eigenvalue weighted by Gasteiger charge is -2.35. The highest BCUT2D eigenvalue weighted by atomic mass is 31.2. The van der Waals surface area contributed by atoms with Crippen molar-refractivity contribution in [3.05, 3.63) is 12.4 Å². The van der Waals surface area contributed by atoms with Crippen LogP contribution in [0.4, 0.5) is 0 Å². The van der Waals surface area contributed by atoms with Gasteiger partial charge in [-0.2, -0.15) is 0 Å². The SMILES string of the molecule is CCN(CC=NC(C)(C)C)P1N(C)C=CN1C. The molecule has 17 heavy (non-hydrogen) atoms. The maximum Gasteiger partial charge on any atom is 0.177 e. The fourth-order valence-electron chi connectivity index (χ4n) is 1.67. The molecule has 0 aromatic rings. The van der Waals surface area contributed by atoms with E-state index in [1.807, 2.05) is 6.21 Å². The van der Waals surface area contributed by atoms with Gasteiger partial charge >= 0.3 is 0 Å². The van der Waals surface area contributed by atoms with Gasteiger partial charge in [-0.1, -0.05) is 6.92 Å². The van der Waals surface area contributed by atoms with Crippen molar-refractivity contribution < 1.29 is 0 Å². The molecule has 0 unspecified atom stereocenters. The molecule has 0 saturated heterocycles. The molecule has 0 amide bonds. The van der Waals surface area contributed by atoms with Crippen LogP contribution in [0, 0.1) is 0 Å². The second-order valence-corrected chi connectivity index (χ2v) is 7.57. The van der Waals surface area contributed by atoms with Gasteiger partial charge in [0.2, 0.25) is 0 Å². The van der Waals surface area contributed by atoms with Crippen LogP contribution in [0.3, 0.4) is 0 Å². The Morgan fingerprint density at radius 3 is 2.18 bits per heavy atom. The van der Waals surface area contributed by atoms with Crippen molar-refractivity contribution in [2.24, 2.45) is 4.99 Å². The first-order valence-corrected chi connectivity index (χ1v) is 7.27. The standard InChI is InChI=1S/C12H25N4P/c1-7-16(9-8-13-12(2,3)4)17-14(5)10-11-15(17)6/h8,10-11H,7,9H2,1-6H3. The van der Waals surface area contributed by atoms with Crippen LogP contribution in [-0.2, 0) is 0 Å². The summed E-state index contributed by atoms with van der Waals surface area (Å²) in [5, 5.41) is 0. The Labute approximate surface area is 107 Å². The third kappa shape index (κ3) is 4.29. The minimum Gasteiger partial charge on any atom is -0.330 e. The summed E-state index contributed by atoms with van der Waals surface area (Å²) >= 11 is 0. The Morgan fingerprint density at radius 2 is 1.76 bits per heavy atom. The van der Waals surface area contributed by atoms with Crippen molar-refractivity contribution in [2.75, 3.05) is 27.2 Å². The van der Waals surface area contributed by atoms with Crippen molar-refractivity contribution in [1.82, 2.24) is 14.0 Å². The van der Waals surface area contributed by atoms with Gasteiger partial charge in [0.25, 0.3) is 0 Å². The van der Waals surface area contributed by atoms with Crippen molar-refractivity contribution in [3.8, 4) is 0 Å². The predicted octanol–water partition coefficient (Wildman–Crippen LogP) is 2.75. The van der Waals surface area contributed by atoms with E-state index >= 15 is 0 Å². The van der Waals surface area contributed by atoms with Gasteiger partial charge in [0.05, 0.1) is 5.54 Å². The molecule has 0 spiro atoms. The van der Waals surface area contributed by atoms with Crippen LogP contribution in [0.15, 0.2) is 17.4 Å². The van der Waals surface area contributed by atoms with Crippen LogP contribution in [0.1, 0.15) is 27.7 Å². The van der Waals surface area contributed by atoms with Gasteiger partial charge in [-0.25, -0.2) is 4.67 Å². The Hall–Kier alpha value is -0.600. The zero-order valence-electron chi connectivity index (χ0n) is 11.9. The molecule has 0 atom stereocenters. The van der Waals surface area contributed by atoms with Crippen LogP contribution in [-0.4, -0.2) is 52.9 Å². The molecular weight excluding hydrogens is 231 g/mol. The normalized spacial score (nSPS) is 18.1. The average molecular weight is 256 g/mol. The number of rotatable bonds is 4. The van der Waals surface area contributed by atoms with Crippen molar-refractivity contribution >= 4 is 14.6 Å². The largest absolute Gasteiger partial charge is 0.330 e. The maximum absolute atomic E-state index is 4.55. The highest BCUT2D eigenvalue weighted by Gasteiger charge is 2.27. The molecule has 1 aliphatic rings. The fourth-order valence-corrected chi connectivity index (χ4v) is 3.74. The molecule has 0 aromatic heterocycles. The van der Waals surface area contributed by atoms with E-state index in [0.717, 1.165) is 13.1 Å². The highest BCUT2D eigenvalue weighted by molar-refractivity contribution is 7.50. The number of hydrogen-bond acceptors (Lipinski definition) is 4. The topological polar surface area (TPSA) is 22.1 Å². The molecule has 0 saturated carbocycles. The number of hydrogen-bond donors (Lipinski definition) is 0. The van der Waals surface area contributed by atoms with Crippen LogP contribution >= 0.6 is 8.37 Å². The van der Waals surface area contributed by atoms with Gasteiger partial charge in [0.15, 0.2) is 8.37 Å². The van der Waals surface area contributed by atoms with E-state index < -0.39 is 0 Å². The Balaban J connectivity index is 2.58. The first-order valence-electron chi connectivity index (χ1n) is 6.07. The molecule has 4 nitrogen and oxygen atoms in total. The second kappa shape index (κ2) is 5.83. The maximum atomic E-state index is 4.55. The third-order valence-electron chi connectivity index (χ3n) is 2.45. The Morgan fingerprint density at radius 1 is 1.24 bits per heavy atom. The Bertz CT molecular complexity index is 283. The van der Waals surface area contributed by atoms with Gasteiger partial charge in [0, 0.05) is 45.8 Å². The van der Waals surface area contributed by atoms with Crippen LogP contribution in [0.25, 0.3) is 0 Å². The lowest BCUT2D eigenvalue weighted by molar-refractivity contribution is 0.482. The van der Waals surface area contributed by atoms with E-state index in [9.17, 15) is 0 Å². The summed E-state index contributed by atoms with van der Waals surface area (Å²) in [5.74, 6) is 0. The minimum atomic E-state index is -0.381. The molecule has 0 radical (unpaired) electrons. The van der Waals surface area contributed by atoms with Crippen molar-refractivity contribution in [3.63, 3.8) is 0 Å². The molecular formula is C12H25N4P. The fraction of sp³-hybridized carbons (Fsp3) is 0.750. The van der Waals surface area contributed by atoms with Crippen molar-refractivity contribution in [2.45, 2.75) is 33.2 Å². The van der Waals surface area contributed by atoms with Gasteiger partial charge in [-0.3, -0.25) is 4.99 Å². The predicted molar refractivity (Wildman–Crippen MR) is 77.1 cm³/mol. The zero-order chi connectivity index (χ0) is 13.1. The molecule has 98 valence electrons. The first kappa shape index (κ1) is 14.5. The van der Waals surface area contributed by atoms with Crippen LogP contribution < -0.4 is 0 Å². The van der Waals surface area contributed by atoms with Crippen LogP contribution in [0.5, 0.6) is 0 Å². The molecule has 1 rings (SSSR count). The van der Waals surface area contributed by atoms with Crippen LogP contribution in [0.2, 0.25) is 0 Å². The van der Waals surface area contributed by atoms with E-state index in [2.05, 4.69) is 73.2 Å². The first-order chi connectivity index (χ1) is 7.85. The van der Waals surface area contributed by atoms with Gasteiger partial charge in [-0.15, -0.1) is 0 Å². The molecule has 0 aromatic carbocycles. The minimum absolute atomic E-state index is 0.0262. The Kier molecular flexibility index (Phi) is 4.96. The second-order valence-electron chi connectivity index (χ2n) is 5.20. The molecule has 0 aliphatic carbocycles. The van der Waals surface area contributed by atoms with Crippen molar-refractivity contribution in [1.29, 1.82) is 0 Å². The molecule has 0 N–H and O–H groups in total. The molecule has 0 fully saturated rings. The van der Waals surface area contributed by atoms with E-state index in [-0.39, 0.29) is 13.9 Å². The highest BCUT2D eigenvalue weighted by Crippen LogP contribution is 2.49. The van der Waals surface area contributed by atoms with E-state index in [0.29, 0.717) is 0 Å². The smallest absolute Gasteiger partial charge is 0.177 e. The summed E-state index contributed by atoms with van der Waals surface area (Å²) in [7, 11) is 3.89. The zero-order valence-corrected chi connectivity index (χ0v) is 12.8. The lowest BCUT2D eigenvalue weighted by Crippen LogP contribution is -2.29. The van der Waals surface area contributed by atoms with E-state index in [1.165, 1.54) is 0 Å². The summed E-state index contributed by atoms with van der Waals surface area (Å²) in [6, 6.07) is 0. The average Bonchev–Trinajstić information content (AvgIpc) is 2.53. The number of nitrogens with zero attached hydrogens (tertiary/aromatic N) is 4. The molecule has 0 bridgehead atoms. The monoisotopic (exact) mass is 256 g/mol. The molecule has 5 heteroatoms. The quantitative estimate of drug-likeness (QED) is 0.570. The summed E-state index contributed by atoms with van der Waals surface area (Å²) in [4.78, 5) is 4.55. The third-order valence-corrected chi connectivity index (χ3v) is 4.80. The van der Waals surface area contributed by atoms with E-state index in [4.69, 9.17) is 0 Å². The van der Waals surface area contributed by atoms with Gasteiger partial charge in [0.1, 0.15) is 0 Å². The molecule has 1 heterocycles. The van der Waals surface area contributed by atoms with Gasteiger partial charge < -0.3 is 9.34 Å². The lowest BCUT2D eigenvalue weighted by atomic mass is 10.1. The molecule has 1 aliphatic heterocycles. The van der Waals surface area contributed by atoms with Gasteiger partial charge in [-0.05, 0) is 20.8 Å².